The Morgan fingerprint density at radius 1 is 1.41 bits per heavy atom. The van der Waals surface area contributed by atoms with Crippen molar-refractivity contribution < 1.29 is 14.6 Å². The van der Waals surface area contributed by atoms with Gasteiger partial charge in [0.2, 0.25) is 11.9 Å². The highest BCUT2D eigenvalue weighted by Crippen LogP contribution is 2.37. The van der Waals surface area contributed by atoms with Crippen LogP contribution in [-0.2, 0) is 4.79 Å². The maximum absolute atomic E-state index is 12.2. The van der Waals surface area contributed by atoms with Crippen molar-refractivity contribution in [3.8, 4) is 11.5 Å². The first-order chi connectivity index (χ1) is 10.5. The van der Waals surface area contributed by atoms with Crippen molar-refractivity contribution >= 4 is 17.7 Å². The number of benzene rings is 1. The molecule has 8 heteroatoms. The number of nitrogens with two attached hydrogens (primary N) is 1. The fraction of sp³-hybridized carbons (Fsp3) is 0.214. The van der Waals surface area contributed by atoms with E-state index in [2.05, 4.69) is 15.3 Å². The SMILES string of the molecule is COc1cc(C2CC(=O)Nc3nc(N)[nH]c(=O)c32)ccc1O. The molecule has 0 spiro atoms. The summed E-state index contributed by atoms with van der Waals surface area (Å²) in [6.45, 7) is 0. The van der Waals surface area contributed by atoms with Crippen LogP contribution in [0.25, 0.3) is 0 Å². The van der Waals surface area contributed by atoms with Gasteiger partial charge in [-0.25, -0.2) is 0 Å². The van der Waals surface area contributed by atoms with Gasteiger partial charge in [-0.1, -0.05) is 6.07 Å². The smallest absolute Gasteiger partial charge is 0.258 e. The van der Waals surface area contributed by atoms with E-state index in [-0.39, 0.29) is 35.6 Å². The number of nitrogens with one attached hydrogen (secondary N) is 2. The first-order valence-electron chi connectivity index (χ1n) is 6.56. The van der Waals surface area contributed by atoms with Crippen LogP contribution in [0.4, 0.5) is 11.8 Å². The number of fused-ring (bicyclic) bond motifs is 1. The molecule has 0 aliphatic carbocycles. The summed E-state index contributed by atoms with van der Waals surface area (Å²) in [7, 11) is 1.43. The lowest BCUT2D eigenvalue weighted by atomic mass is 9.86. The van der Waals surface area contributed by atoms with Crippen LogP contribution >= 0.6 is 0 Å². The van der Waals surface area contributed by atoms with E-state index in [1.165, 1.54) is 13.2 Å². The molecule has 1 aliphatic rings. The molecule has 8 nitrogen and oxygen atoms in total. The third kappa shape index (κ3) is 2.24. The van der Waals surface area contributed by atoms with Crippen molar-refractivity contribution in [3.05, 3.63) is 39.7 Å². The van der Waals surface area contributed by atoms with E-state index in [1.54, 1.807) is 12.1 Å². The molecule has 114 valence electrons. The number of carbonyl (C=O) groups is 1. The molecule has 1 unspecified atom stereocenters. The maximum atomic E-state index is 12.2. The van der Waals surface area contributed by atoms with E-state index in [9.17, 15) is 14.7 Å². The van der Waals surface area contributed by atoms with Gasteiger partial charge in [0.15, 0.2) is 11.5 Å². The summed E-state index contributed by atoms with van der Waals surface area (Å²) in [5.74, 6) is -0.402. The zero-order valence-corrected chi connectivity index (χ0v) is 11.7. The number of H-pyrrole nitrogens is 1. The standard InChI is InChI=1S/C14H14N4O4/c1-22-9-4-6(2-3-8(9)19)7-5-10(20)16-12-11(7)13(21)18-14(15)17-12/h2-4,7,19H,5H2,1H3,(H4,15,16,17,18,20,21). The zero-order valence-electron chi connectivity index (χ0n) is 11.7. The van der Waals surface area contributed by atoms with Gasteiger partial charge in [-0.05, 0) is 17.7 Å². The number of aromatic amines is 1. The summed E-state index contributed by atoms with van der Waals surface area (Å²) in [5, 5.41) is 12.2. The monoisotopic (exact) mass is 302 g/mol. The predicted molar refractivity (Wildman–Crippen MR) is 79.0 cm³/mol. The van der Waals surface area contributed by atoms with Gasteiger partial charge < -0.3 is 20.9 Å². The molecule has 1 amide bonds. The van der Waals surface area contributed by atoms with Gasteiger partial charge in [0.05, 0.1) is 12.7 Å². The number of methoxy groups -OCH3 is 1. The molecule has 1 aromatic heterocycles. The summed E-state index contributed by atoms with van der Waals surface area (Å²) >= 11 is 0. The fourth-order valence-corrected chi connectivity index (χ4v) is 2.58. The topological polar surface area (TPSA) is 130 Å². The number of carbonyl (C=O) groups excluding carboxylic acids is 1. The summed E-state index contributed by atoms with van der Waals surface area (Å²) in [6, 6.07) is 4.69. The van der Waals surface area contributed by atoms with E-state index in [4.69, 9.17) is 10.5 Å². The van der Waals surface area contributed by atoms with E-state index in [0.717, 1.165) is 0 Å². The molecule has 1 aliphatic heterocycles. The van der Waals surface area contributed by atoms with Crippen LogP contribution in [0.3, 0.4) is 0 Å². The first-order valence-corrected chi connectivity index (χ1v) is 6.56. The summed E-state index contributed by atoms with van der Waals surface area (Å²) in [5.41, 5.74) is 6.11. The Bertz CT molecular complexity index is 815. The van der Waals surface area contributed by atoms with E-state index >= 15 is 0 Å². The Balaban J connectivity index is 2.17. The Labute approximate surface area is 125 Å². The molecule has 1 atom stereocenters. The van der Waals surface area contributed by atoms with Crippen molar-refractivity contribution in [2.24, 2.45) is 0 Å². The molecule has 5 N–H and O–H groups in total. The Hall–Kier alpha value is -3.03. The largest absolute Gasteiger partial charge is 0.504 e. The zero-order chi connectivity index (χ0) is 15.9. The molecule has 0 saturated carbocycles. The number of nitrogen functional groups attached to an aromatic ring is 1. The number of hydrogen-bond acceptors (Lipinski definition) is 6. The van der Waals surface area contributed by atoms with E-state index in [0.29, 0.717) is 11.1 Å². The van der Waals surface area contributed by atoms with Crippen LogP contribution in [0.5, 0.6) is 11.5 Å². The third-order valence-corrected chi connectivity index (χ3v) is 3.58. The van der Waals surface area contributed by atoms with Crippen LogP contribution in [0.15, 0.2) is 23.0 Å². The molecule has 0 saturated heterocycles. The van der Waals surface area contributed by atoms with Crippen molar-refractivity contribution in [1.82, 2.24) is 9.97 Å². The summed E-state index contributed by atoms with van der Waals surface area (Å²) in [4.78, 5) is 30.5. The van der Waals surface area contributed by atoms with Gasteiger partial charge in [0.1, 0.15) is 5.82 Å². The van der Waals surface area contributed by atoms with Crippen LogP contribution < -0.4 is 21.3 Å². The summed E-state index contributed by atoms with van der Waals surface area (Å²) < 4.78 is 5.07. The van der Waals surface area contributed by atoms with Crippen molar-refractivity contribution in [3.63, 3.8) is 0 Å². The van der Waals surface area contributed by atoms with Gasteiger partial charge in [0.25, 0.3) is 5.56 Å². The van der Waals surface area contributed by atoms with Crippen LogP contribution in [0.2, 0.25) is 0 Å². The van der Waals surface area contributed by atoms with Gasteiger partial charge in [-0.15, -0.1) is 0 Å². The number of phenols is 1. The lowest BCUT2D eigenvalue weighted by Crippen LogP contribution is -2.31. The number of aromatic nitrogens is 2. The predicted octanol–water partition coefficient (Wildman–Crippen LogP) is 0.540. The minimum atomic E-state index is -0.491. The van der Waals surface area contributed by atoms with Crippen molar-refractivity contribution in [2.75, 3.05) is 18.2 Å². The molecule has 0 fully saturated rings. The van der Waals surface area contributed by atoms with Crippen LogP contribution in [0, 0.1) is 0 Å². The van der Waals surface area contributed by atoms with Crippen LogP contribution in [-0.4, -0.2) is 28.1 Å². The number of aromatic hydroxyl groups is 1. The molecule has 2 aromatic rings. The van der Waals surface area contributed by atoms with Gasteiger partial charge >= 0.3 is 0 Å². The van der Waals surface area contributed by atoms with Gasteiger partial charge in [0, 0.05) is 12.3 Å². The second kappa shape index (κ2) is 5.06. The Morgan fingerprint density at radius 2 is 2.18 bits per heavy atom. The number of hydrogen-bond donors (Lipinski definition) is 4. The highest BCUT2D eigenvalue weighted by atomic mass is 16.5. The van der Waals surface area contributed by atoms with E-state index in [1.807, 2.05) is 0 Å². The quantitative estimate of drug-likeness (QED) is 0.640. The molecule has 1 aromatic carbocycles. The van der Waals surface area contributed by atoms with Gasteiger partial charge in [-0.3, -0.25) is 14.6 Å². The van der Waals surface area contributed by atoms with Crippen molar-refractivity contribution in [2.45, 2.75) is 12.3 Å². The molecule has 0 radical (unpaired) electrons. The highest BCUT2D eigenvalue weighted by Gasteiger charge is 2.31. The Kier molecular flexibility index (Phi) is 3.21. The lowest BCUT2D eigenvalue weighted by molar-refractivity contribution is -0.116. The average molecular weight is 302 g/mol. The molecular formula is C14H14N4O4. The van der Waals surface area contributed by atoms with Crippen molar-refractivity contribution in [1.29, 1.82) is 0 Å². The normalized spacial score (nSPS) is 16.8. The Morgan fingerprint density at radius 3 is 2.91 bits per heavy atom. The second-order valence-corrected chi connectivity index (χ2v) is 4.95. The highest BCUT2D eigenvalue weighted by molar-refractivity contribution is 5.94. The van der Waals surface area contributed by atoms with Gasteiger partial charge in [-0.2, -0.15) is 4.98 Å². The number of anilines is 2. The summed E-state index contributed by atoms with van der Waals surface area (Å²) in [6.07, 6.45) is 0.0929. The number of ether oxygens (including phenoxy) is 1. The molecule has 2 heterocycles. The molecular weight excluding hydrogens is 288 g/mol. The number of amides is 1. The maximum Gasteiger partial charge on any atom is 0.258 e. The number of nitrogens with zero attached hydrogens (tertiary/aromatic N) is 1. The second-order valence-electron chi connectivity index (χ2n) is 4.95. The van der Waals surface area contributed by atoms with E-state index < -0.39 is 11.5 Å². The minimum Gasteiger partial charge on any atom is -0.504 e. The third-order valence-electron chi connectivity index (χ3n) is 3.58. The average Bonchev–Trinajstić information content (AvgIpc) is 2.46. The lowest BCUT2D eigenvalue weighted by Gasteiger charge is -2.24. The molecule has 0 bridgehead atoms. The fourth-order valence-electron chi connectivity index (χ4n) is 2.58. The minimum absolute atomic E-state index is 0.0175. The number of rotatable bonds is 2. The molecule has 22 heavy (non-hydrogen) atoms. The first kappa shape index (κ1) is 13.9. The molecule has 3 rings (SSSR count). The number of phenolic OH excluding ortho intramolecular Hbond substituents is 1. The van der Waals surface area contributed by atoms with Crippen LogP contribution in [0.1, 0.15) is 23.5 Å².